The topological polar surface area (TPSA) is 96.2 Å². The first-order valence-corrected chi connectivity index (χ1v) is 14.2. The van der Waals surface area contributed by atoms with Gasteiger partial charge in [0.1, 0.15) is 0 Å². The number of carbonyl (C=O) groups excluding carboxylic acids is 2. The van der Waals surface area contributed by atoms with Crippen LogP contribution in [-0.2, 0) is 14.3 Å². The fourth-order valence-corrected chi connectivity index (χ4v) is 5.68. The van der Waals surface area contributed by atoms with Gasteiger partial charge in [-0.2, -0.15) is 0 Å². The van der Waals surface area contributed by atoms with E-state index in [1.165, 1.54) is 25.4 Å². The van der Waals surface area contributed by atoms with E-state index in [1.54, 1.807) is 35.8 Å². The molecule has 0 bridgehead atoms. The zero-order chi connectivity index (χ0) is 29.0. The Morgan fingerprint density at radius 2 is 1.82 bits per heavy atom. The van der Waals surface area contributed by atoms with Crippen molar-refractivity contribution in [2.45, 2.75) is 59.4 Å². The van der Waals surface area contributed by atoms with Crippen LogP contribution in [0.2, 0.25) is 0 Å². The summed E-state index contributed by atoms with van der Waals surface area (Å²) in [5.74, 6) is 0.0844. The fourth-order valence-electron chi connectivity index (χ4n) is 4.66. The molecule has 1 aliphatic rings. The van der Waals surface area contributed by atoms with Gasteiger partial charge < -0.3 is 14.2 Å². The van der Waals surface area contributed by atoms with Gasteiger partial charge in [0.05, 0.1) is 35.6 Å². The normalized spacial score (nSPS) is 15.1. The number of carbonyl (C=O) groups is 2. The van der Waals surface area contributed by atoms with Crippen LogP contribution in [0.5, 0.6) is 11.5 Å². The predicted molar refractivity (Wildman–Crippen MR) is 154 cm³/mol. The maximum Gasteiger partial charge on any atom is 0.338 e. The number of thiazole rings is 1. The average Bonchev–Trinajstić information content (AvgIpc) is 3.23. The summed E-state index contributed by atoms with van der Waals surface area (Å²) in [6.07, 6.45) is 3.11. The van der Waals surface area contributed by atoms with Crippen LogP contribution in [0.1, 0.15) is 76.1 Å². The maximum absolute atomic E-state index is 13.9. The summed E-state index contributed by atoms with van der Waals surface area (Å²) in [6, 6.07) is 12.4. The average molecular weight is 563 g/mol. The maximum atomic E-state index is 13.9. The highest BCUT2D eigenvalue weighted by Crippen LogP contribution is 2.33. The third-order valence-corrected chi connectivity index (χ3v) is 7.53. The molecule has 210 valence electrons. The third-order valence-electron chi connectivity index (χ3n) is 6.55. The van der Waals surface area contributed by atoms with E-state index in [1.807, 2.05) is 31.2 Å². The molecular weight excluding hydrogens is 528 g/mol. The van der Waals surface area contributed by atoms with Crippen LogP contribution in [0.3, 0.4) is 0 Å². The van der Waals surface area contributed by atoms with Crippen molar-refractivity contribution in [3.8, 4) is 11.5 Å². The second-order valence-electron chi connectivity index (χ2n) is 9.74. The number of fused-ring (bicyclic) bond motifs is 1. The molecule has 0 spiro atoms. The van der Waals surface area contributed by atoms with E-state index in [9.17, 15) is 14.4 Å². The van der Waals surface area contributed by atoms with E-state index in [-0.39, 0.29) is 12.2 Å². The van der Waals surface area contributed by atoms with E-state index in [0.717, 1.165) is 17.5 Å². The molecule has 0 aliphatic carbocycles. The highest BCUT2D eigenvalue weighted by molar-refractivity contribution is 7.07. The van der Waals surface area contributed by atoms with Crippen molar-refractivity contribution in [3.63, 3.8) is 0 Å². The minimum absolute atomic E-state index is 0.219. The molecule has 0 fully saturated rings. The first-order valence-electron chi connectivity index (χ1n) is 13.4. The molecule has 4 rings (SSSR count). The number of benzene rings is 2. The molecule has 0 saturated heterocycles. The van der Waals surface area contributed by atoms with Crippen LogP contribution < -0.4 is 24.4 Å². The van der Waals surface area contributed by atoms with Crippen LogP contribution in [0.15, 0.2) is 63.5 Å². The largest absolute Gasteiger partial charge is 0.493 e. The first kappa shape index (κ1) is 29.0. The number of esters is 2. The standard InChI is InChI=1S/C31H34N2O6S/c1-7-9-23-27(30(36)38-8-2)28(22-13-11-21(12-14-22)18(3)4)33-29(35)26(40-31(33)32-23)17-20-10-15-24(39-19(5)34)25(16-20)37-6/h10-18,28H,7-9H2,1-6H3/b26-17-/t28-/m0/s1. The van der Waals surface area contributed by atoms with Crippen LogP contribution in [0, 0.1) is 0 Å². The highest BCUT2D eigenvalue weighted by atomic mass is 32.1. The second kappa shape index (κ2) is 12.5. The van der Waals surface area contributed by atoms with Gasteiger partial charge >= 0.3 is 11.9 Å². The zero-order valence-electron chi connectivity index (χ0n) is 23.6. The third kappa shape index (κ3) is 5.94. The summed E-state index contributed by atoms with van der Waals surface area (Å²) >= 11 is 1.26. The van der Waals surface area contributed by atoms with Gasteiger partial charge in [0.15, 0.2) is 16.3 Å². The van der Waals surface area contributed by atoms with Gasteiger partial charge in [-0.15, -0.1) is 0 Å². The molecule has 0 unspecified atom stereocenters. The highest BCUT2D eigenvalue weighted by Gasteiger charge is 2.34. The van der Waals surface area contributed by atoms with Crippen LogP contribution in [0.25, 0.3) is 6.08 Å². The summed E-state index contributed by atoms with van der Waals surface area (Å²) < 4.78 is 18.1. The predicted octanol–water partition coefficient (Wildman–Crippen LogP) is 4.64. The zero-order valence-corrected chi connectivity index (χ0v) is 24.5. The number of hydrogen-bond acceptors (Lipinski definition) is 8. The van der Waals surface area contributed by atoms with Crippen LogP contribution in [0.4, 0.5) is 0 Å². The molecule has 0 radical (unpaired) electrons. The van der Waals surface area contributed by atoms with Crippen molar-refractivity contribution >= 4 is 29.4 Å². The minimum atomic E-state index is -0.666. The number of hydrogen-bond donors (Lipinski definition) is 0. The Bertz CT molecular complexity index is 1630. The molecule has 1 atom stereocenters. The van der Waals surface area contributed by atoms with Crippen molar-refractivity contribution in [2.24, 2.45) is 4.99 Å². The Morgan fingerprint density at radius 1 is 1.10 bits per heavy atom. The van der Waals surface area contributed by atoms with Gasteiger partial charge in [-0.1, -0.05) is 68.9 Å². The lowest BCUT2D eigenvalue weighted by molar-refractivity contribution is -0.139. The number of nitrogens with zero attached hydrogens (tertiary/aromatic N) is 2. The monoisotopic (exact) mass is 562 g/mol. The van der Waals surface area contributed by atoms with Crippen LogP contribution in [-0.4, -0.2) is 30.2 Å². The van der Waals surface area contributed by atoms with Gasteiger partial charge in [-0.25, -0.2) is 9.79 Å². The Labute approximate surface area is 237 Å². The summed E-state index contributed by atoms with van der Waals surface area (Å²) in [5, 5.41) is 0. The first-order chi connectivity index (χ1) is 19.2. The van der Waals surface area contributed by atoms with Crippen molar-refractivity contribution < 1.29 is 23.8 Å². The summed E-state index contributed by atoms with van der Waals surface area (Å²) in [5.41, 5.74) is 3.44. The van der Waals surface area contributed by atoms with Gasteiger partial charge in [-0.05, 0) is 54.2 Å². The fraction of sp³-hybridized carbons (Fsp3) is 0.355. The summed E-state index contributed by atoms with van der Waals surface area (Å²) in [4.78, 5) is 44.0. The molecule has 40 heavy (non-hydrogen) atoms. The summed E-state index contributed by atoms with van der Waals surface area (Å²) in [6.45, 7) is 9.57. The minimum Gasteiger partial charge on any atom is -0.493 e. The van der Waals surface area contributed by atoms with Crippen molar-refractivity contribution in [2.75, 3.05) is 13.7 Å². The van der Waals surface area contributed by atoms with Crippen molar-refractivity contribution in [1.29, 1.82) is 0 Å². The lowest BCUT2D eigenvalue weighted by Crippen LogP contribution is -2.40. The number of rotatable bonds is 9. The Morgan fingerprint density at radius 3 is 2.42 bits per heavy atom. The second-order valence-corrected chi connectivity index (χ2v) is 10.7. The lowest BCUT2D eigenvalue weighted by Gasteiger charge is -2.26. The molecule has 0 amide bonds. The van der Waals surface area contributed by atoms with E-state index in [0.29, 0.717) is 50.0 Å². The van der Waals surface area contributed by atoms with E-state index < -0.39 is 18.0 Å². The molecule has 1 aromatic heterocycles. The number of allylic oxidation sites excluding steroid dienone is 1. The Balaban J connectivity index is 1.93. The number of methoxy groups -OCH3 is 1. The van der Waals surface area contributed by atoms with Gasteiger partial charge in [0.2, 0.25) is 0 Å². The van der Waals surface area contributed by atoms with E-state index in [2.05, 4.69) is 13.8 Å². The van der Waals surface area contributed by atoms with E-state index >= 15 is 0 Å². The van der Waals surface area contributed by atoms with E-state index in [4.69, 9.17) is 19.2 Å². The molecular formula is C31H34N2O6S. The van der Waals surface area contributed by atoms with Gasteiger partial charge in [0, 0.05) is 6.92 Å². The van der Waals surface area contributed by atoms with Gasteiger partial charge in [-0.3, -0.25) is 14.2 Å². The molecule has 3 aromatic rings. The molecule has 1 aliphatic heterocycles. The molecule has 2 heterocycles. The molecule has 8 nitrogen and oxygen atoms in total. The van der Waals surface area contributed by atoms with Crippen LogP contribution >= 0.6 is 11.3 Å². The SMILES string of the molecule is CCCC1=C(C(=O)OCC)[C@H](c2ccc(C(C)C)cc2)n2c(s/c(=C\c3ccc(OC(C)=O)c(OC)c3)c2=O)=N1. The van der Waals surface area contributed by atoms with Gasteiger partial charge in [0.25, 0.3) is 5.56 Å². The lowest BCUT2D eigenvalue weighted by atomic mass is 9.92. The van der Waals surface area contributed by atoms with Crippen molar-refractivity contribution in [1.82, 2.24) is 4.57 Å². The quantitative estimate of drug-likeness (QED) is 0.279. The Hall–Kier alpha value is -3.98. The Kier molecular flexibility index (Phi) is 9.04. The number of ether oxygens (including phenoxy) is 3. The molecule has 9 heteroatoms. The summed E-state index contributed by atoms with van der Waals surface area (Å²) in [7, 11) is 1.48. The number of aromatic nitrogens is 1. The smallest absolute Gasteiger partial charge is 0.338 e. The van der Waals surface area contributed by atoms with Crippen molar-refractivity contribution in [3.05, 3.63) is 90.1 Å². The molecule has 0 N–H and O–H groups in total. The molecule has 2 aromatic carbocycles. The molecule has 0 saturated carbocycles.